The fourth-order valence-corrected chi connectivity index (χ4v) is 4.60. The van der Waals surface area contributed by atoms with E-state index in [-0.39, 0.29) is 28.4 Å². The quantitative estimate of drug-likeness (QED) is 0.508. The van der Waals surface area contributed by atoms with Crippen molar-refractivity contribution < 1.29 is 23.6 Å². The summed E-state index contributed by atoms with van der Waals surface area (Å²) in [5, 5.41) is 18.4. The molecule has 0 bridgehead atoms. The number of benzene rings is 2. The molecule has 8 nitrogen and oxygen atoms in total. The first-order chi connectivity index (χ1) is 15.8. The smallest absolute Gasteiger partial charge is 0.405 e. The first kappa shape index (κ1) is 21.4. The second-order valence-electron chi connectivity index (χ2n) is 8.44. The lowest BCUT2D eigenvalue weighted by atomic mass is 9.95. The Kier molecular flexibility index (Phi) is 5.08. The van der Waals surface area contributed by atoms with E-state index in [9.17, 15) is 14.0 Å². The lowest BCUT2D eigenvalue weighted by Gasteiger charge is -2.20. The van der Waals surface area contributed by atoms with Crippen LogP contribution < -0.4 is 10.6 Å². The highest BCUT2D eigenvalue weighted by Gasteiger charge is 2.52. The summed E-state index contributed by atoms with van der Waals surface area (Å²) in [5.41, 5.74) is 2.44. The van der Waals surface area contributed by atoms with E-state index >= 15 is 0 Å². The highest BCUT2D eigenvalue weighted by atomic mass is 35.5. The lowest BCUT2D eigenvalue weighted by Crippen LogP contribution is -2.49. The molecule has 170 valence electrons. The number of fused-ring (bicyclic) bond motifs is 1. The van der Waals surface area contributed by atoms with Gasteiger partial charge in [0.1, 0.15) is 11.4 Å². The molecular formula is C23H20ClFN4O4. The highest BCUT2D eigenvalue weighted by Crippen LogP contribution is 2.41. The van der Waals surface area contributed by atoms with Gasteiger partial charge in [-0.05, 0) is 60.1 Å². The number of carbonyl (C=O) groups is 2. The Morgan fingerprint density at radius 1 is 1.27 bits per heavy atom. The second-order valence-corrected chi connectivity index (χ2v) is 8.87. The monoisotopic (exact) mass is 470 g/mol. The molecule has 2 aromatic carbocycles. The summed E-state index contributed by atoms with van der Waals surface area (Å²) in [6.45, 7) is 1.63. The van der Waals surface area contributed by atoms with Crippen LogP contribution in [-0.2, 0) is 11.2 Å². The molecule has 0 spiro atoms. The van der Waals surface area contributed by atoms with Gasteiger partial charge in [0.05, 0.1) is 11.6 Å². The van der Waals surface area contributed by atoms with Crippen LogP contribution in [0.2, 0.25) is 5.02 Å². The third kappa shape index (κ3) is 3.93. The summed E-state index contributed by atoms with van der Waals surface area (Å²) < 4.78 is 19.9. The average Bonchev–Trinajstić information content (AvgIpc) is 3.23. The first-order valence-electron chi connectivity index (χ1n) is 10.5. The fraction of sp³-hybridized carbons (Fsp3) is 0.304. The maximum absolute atomic E-state index is 14.9. The predicted octanol–water partition coefficient (Wildman–Crippen LogP) is 4.41. The Morgan fingerprint density at radius 2 is 2.06 bits per heavy atom. The molecule has 2 aliphatic rings. The Morgan fingerprint density at radius 3 is 2.73 bits per heavy atom. The zero-order chi connectivity index (χ0) is 23.3. The molecule has 5 rings (SSSR count). The van der Waals surface area contributed by atoms with E-state index < -0.39 is 17.4 Å². The first-order valence-corrected chi connectivity index (χ1v) is 10.9. The number of carboxylic acid groups (broad SMARTS) is 1. The second kappa shape index (κ2) is 7.84. The molecule has 1 saturated carbocycles. The van der Waals surface area contributed by atoms with Gasteiger partial charge >= 0.3 is 6.09 Å². The number of nitrogens with zero attached hydrogens (tertiary/aromatic N) is 2. The molecule has 33 heavy (non-hydrogen) atoms. The third-order valence-electron chi connectivity index (χ3n) is 6.17. The van der Waals surface area contributed by atoms with Crippen molar-refractivity contribution in [1.82, 2.24) is 20.8 Å². The minimum absolute atomic E-state index is 0.142. The number of amides is 2. The van der Waals surface area contributed by atoms with Crippen molar-refractivity contribution in [3.8, 4) is 22.5 Å². The standard InChI is InChI=1S/C23H20ClFN4O4/c1-11-26-20(29-33-11)19-16(9-14(24)10-17(19)25)13-2-4-15-12(8-13)3-5-18(15)27-21(30)23(6-7-23)28-22(31)32/h2,4,8-10,18,28H,3,5-7H2,1H3,(H,27,30)(H,31,32). The van der Waals surface area contributed by atoms with Gasteiger partial charge in [-0.2, -0.15) is 4.98 Å². The number of carbonyl (C=O) groups excluding carboxylic acids is 1. The number of hydrogen-bond acceptors (Lipinski definition) is 5. The van der Waals surface area contributed by atoms with Crippen molar-refractivity contribution in [2.45, 2.75) is 44.2 Å². The summed E-state index contributed by atoms with van der Waals surface area (Å²) in [7, 11) is 0. The number of aryl methyl sites for hydroxylation is 2. The van der Waals surface area contributed by atoms with Crippen LogP contribution in [0.3, 0.4) is 0 Å². The normalized spacial score (nSPS) is 18.0. The van der Waals surface area contributed by atoms with Gasteiger partial charge in [-0.3, -0.25) is 4.79 Å². The van der Waals surface area contributed by atoms with Gasteiger partial charge in [-0.25, -0.2) is 9.18 Å². The van der Waals surface area contributed by atoms with Crippen molar-refractivity contribution in [2.75, 3.05) is 0 Å². The molecule has 3 N–H and O–H groups in total. The number of halogens is 2. The van der Waals surface area contributed by atoms with Crippen LogP contribution in [0.25, 0.3) is 22.5 Å². The van der Waals surface area contributed by atoms with Crippen LogP contribution in [0.4, 0.5) is 9.18 Å². The predicted molar refractivity (Wildman–Crippen MR) is 117 cm³/mol. The molecule has 1 unspecified atom stereocenters. The van der Waals surface area contributed by atoms with Gasteiger partial charge in [0.15, 0.2) is 0 Å². The summed E-state index contributed by atoms with van der Waals surface area (Å²) in [4.78, 5) is 27.9. The summed E-state index contributed by atoms with van der Waals surface area (Å²) in [6, 6.07) is 8.35. The van der Waals surface area contributed by atoms with Gasteiger partial charge in [0, 0.05) is 11.9 Å². The Balaban J connectivity index is 1.45. The van der Waals surface area contributed by atoms with Gasteiger partial charge in [-0.15, -0.1) is 0 Å². The molecule has 0 saturated heterocycles. The SMILES string of the molecule is Cc1nc(-c2c(F)cc(Cl)cc2-c2ccc3c(c2)CCC3NC(=O)C2(NC(=O)O)CC2)no1. The average molecular weight is 471 g/mol. The number of rotatable bonds is 5. The Labute approximate surface area is 193 Å². The molecule has 0 radical (unpaired) electrons. The Hall–Kier alpha value is -3.46. The van der Waals surface area contributed by atoms with Gasteiger partial charge in [0.2, 0.25) is 17.6 Å². The van der Waals surface area contributed by atoms with Gasteiger partial charge in [0.25, 0.3) is 0 Å². The van der Waals surface area contributed by atoms with E-state index in [4.69, 9.17) is 21.2 Å². The minimum Gasteiger partial charge on any atom is -0.465 e. The summed E-state index contributed by atoms with van der Waals surface area (Å²) >= 11 is 6.15. The Bertz CT molecular complexity index is 1290. The van der Waals surface area contributed by atoms with Crippen molar-refractivity contribution in [3.05, 3.63) is 58.2 Å². The van der Waals surface area contributed by atoms with Crippen molar-refractivity contribution in [2.24, 2.45) is 0 Å². The zero-order valence-corrected chi connectivity index (χ0v) is 18.4. The number of nitrogens with one attached hydrogen (secondary N) is 2. The zero-order valence-electron chi connectivity index (χ0n) is 17.6. The molecule has 2 amide bonds. The van der Waals surface area contributed by atoms with E-state index in [0.29, 0.717) is 37.1 Å². The van der Waals surface area contributed by atoms with Gasteiger partial charge in [-0.1, -0.05) is 35.0 Å². The highest BCUT2D eigenvalue weighted by molar-refractivity contribution is 6.31. The maximum atomic E-state index is 14.9. The van der Waals surface area contributed by atoms with Crippen molar-refractivity contribution in [1.29, 1.82) is 0 Å². The third-order valence-corrected chi connectivity index (χ3v) is 6.39. The molecule has 10 heteroatoms. The van der Waals surface area contributed by atoms with Crippen molar-refractivity contribution >= 4 is 23.6 Å². The van der Waals surface area contributed by atoms with Crippen LogP contribution in [0, 0.1) is 12.7 Å². The van der Waals surface area contributed by atoms with Crippen molar-refractivity contribution in [3.63, 3.8) is 0 Å². The molecule has 1 atom stereocenters. The molecule has 1 fully saturated rings. The van der Waals surface area contributed by atoms with E-state index in [0.717, 1.165) is 16.7 Å². The van der Waals surface area contributed by atoms with Gasteiger partial charge < -0.3 is 20.3 Å². The van der Waals surface area contributed by atoms with Crippen LogP contribution in [0.1, 0.15) is 42.3 Å². The number of aromatic nitrogens is 2. The van der Waals surface area contributed by atoms with E-state index in [2.05, 4.69) is 20.8 Å². The largest absolute Gasteiger partial charge is 0.465 e. The van der Waals surface area contributed by atoms with Crippen LogP contribution in [0.5, 0.6) is 0 Å². The van der Waals surface area contributed by atoms with E-state index in [1.54, 1.807) is 13.0 Å². The molecule has 1 aromatic heterocycles. The summed E-state index contributed by atoms with van der Waals surface area (Å²) in [6.07, 6.45) is 1.17. The minimum atomic E-state index is -1.21. The van der Waals surface area contributed by atoms with Crippen LogP contribution in [-0.4, -0.2) is 32.8 Å². The maximum Gasteiger partial charge on any atom is 0.405 e. The van der Waals surface area contributed by atoms with E-state index in [1.807, 2.05) is 18.2 Å². The molecule has 0 aliphatic heterocycles. The molecule has 1 heterocycles. The van der Waals surface area contributed by atoms with Crippen LogP contribution >= 0.6 is 11.6 Å². The lowest BCUT2D eigenvalue weighted by molar-refractivity contribution is -0.124. The number of hydrogen-bond donors (Lipinski definition) is 3. The molecule has 3 aromatic rings. The topological polar surface area (TPSA) is 117 Å². The van der Waals surface area contributed by atoms with E-state index in [1.165, 1.54) is 6.07 Å². The van der Waals surface area contributed by atoms with Crippen LogP contribution in [0.15, 0.2) is 34.9 Å². The fourth-order valence-electron chi connectivity index (χ4n) is 4.40. The molecule has 2 aliphatic carbocycles. The summed E-state index contributed by atoms with van der Waals surface area (Å²) in [5.74, 6) is -0.394. The molecular weight excluding hydrogens is 451 g/mol.